The van der Waals surface area contributed by atoms with Crippen molar-refractivity contribution in [2.75, 3.05) is 7.11 Å². The number of hydrazine groups is 1. The second kappa shape index (κ2) is 6.61. The Morgan fingerprint density at radius 2 is 2.21 bits per heavy atom. The molecule has 102 valence electrons. The Morgan fingerprint density at radius 3 is 2.89 bits per heavy atom. The van der Waals surface area contributed by atoms with Gasteiger partial charge in [-0.1, -0.05) is 31.5 Å². The van der Waals surface area contributed by atoms with Gasteiger partial charge in [-0.3, -0.25) is 16.3 Å². The maximum atomic E-state index is 5.71. The van der Waals surface area contributed by atoms with Crippen LogP contribution in [0.15, 0.2) is 36.5 Å². The van der Waals surface area contributed by atoms with E-state index >= 15 is 0 Å². The van der Waals surface area contributed by atoms with Crippen LogP contribution in [-0.2, 0) is 4.74 Å². The highest BCUT2D eigenvalue weighted by atomic mass is 16.5. The normalized spacial score (nSPS) is 14.5. The van der Waals surface area contributed by atoms with Crippen molar-refractivity contribution in [3.8, 4) is 0 Å². The summed E-state index contributed by atoms with van der Waals surface area (Å²) in [4.78, 5) is 4.38. The average Bonchev–Trinajstić information content (AvgIpc) is 2.47. The van der Waals surface area contributed by atoms with Gasteiger partial charge in [-0.15, -0.1) is 0 Å². The van der Waals surface area contributed by atoms with Crippen LogP contribution in [0.3, 0.4) is 0 Å². The van der Waals surface area contributed by atoms with Crippen molar-refractivity contribution in [2.45, 2.75) is 31.9 Å². The number of benzene rings is 1. The molecule has 0 aliphatic carbocycles. The molecule has 2 aromatic rings. The number of nitrogens with zero attached hydrogens (tertiary/aromatic N) is 1. The van der Waals surface area contributed by atoms with E-state index in [-0.39, 0.29) is 12.1 Å². The minimum Gasteiger partial charge on any atom is -0.379 e. The topological polar surface area (TPSA) is 60.2 Å². The maximum absolute atomic E-state index is 5.71. The fourth-order valence-electron chi connectivity index (χ4n) is 2.40. The van der Waals surface area contributed by atoms with E-state index in [9.17, 15) is 0 Å². The van der Waals surface area contributed by atoms with E-state index in [1.807, 2.05) is 6.07 Å². The van der Waals surface area contributed by atoms with Crippen molar-refractivity contribution in [3.63, 3.8) is 0 Å². The van der Waals surface area contributed by atoms with Crippen molar-refractivity contribution in [2.24, 2.45) is 5.84 Å². The third-order valence-electron chi connectivity index (χ3n) is 3.42. The first-order chi connectivity index (χ1) is 9.30. The zero-order valence-corrected chi connectivity index (χ0v) is 11.5. The zero-order chi connectivity index (χ0) is 13.7. The van der Waals surface area contributed by atoms with Gasteiger partial charge in [-0.2, -0.15) is 0 Å². The number of aromatic nitrogens is 1. The lowest BCUT2D eigenvalue weighted by Gasteiger charge is -2.25. The van der Waals surface area contributed by atoms with Crippen molar-refractivity contribution < 1.29 is 4.74 Å². The first kappa shape index (κ1) is 13.9. The molecule has 0 saturated carbocycles. The molecule has 0 saturated heterocycles. The summed E-state index contributed by atoms with van der Waals surface area (Å²) in [6.45, 7) is 2.14. The Kier molecular flexibility index (Phi) is 4.85. The van der Waals surface area contributed by atoms with Gasteiger partial charge in [0.25, 0.3) is 0 Å². The Balaban J connectivity index is 2.34. The number of hydrogen-bond donors (Lipinski definition) is 2. The zero-order valence-electron chi connectivity index (χ0n) is 11.5. The lowest BCUT2D eigenvalue weighted by molar-refractivity contribution is 0.0606. The number of rotatable bonds is 6. The van der Waals surface area contributed by atoms with E-state index in [2.05, 4.69) is 41.6 Å². The molecule has 0 bridgehead atoms. The molecule has 1 aromatic carbocycles. The molecule has 1 aromatic heterocycles. The number of fused-ring (bicyclic) bond motifs is 1. The summed E-state index contributed by atoms with van der Waals surface area (Å²) in [5, 5.41) is 1.13. The van der Waals surface area contributed by atoms with E-state index in [0.717, 1.165) is 29.3 Å². The van der Waals surface area contributed by atoms with Crippen LogP contribution >= 0.6 is 0 Å². The summed E-state index contributed by atoms with van der Waals surface area (Å²) in [7, 11) is 1.73. The van der Waals surface area contributed by atoms with Crippen LogP contribution < -0.4 is 11.3 Å². The molecule has 0 radical (unpaired) electrons. The van der Waals surface area contributed by atoms with Crippen LogP contribution in [-0.4, -0.2) is 18.2 Å². The van der Waals surface area contributed by atoms with Crippen molar-refractivity contribution in [1.29, 1.82) is 0 Å². The summed E-state index contributed by atoms with van der Waals surface area (Å²) in [6.07, 6.45) is 3.89. The van der Waals surface area contributed by atoms with Gasteiger partial charge in [-0.05, 0) is 24.1 Å². The van der Waals surface area contributed by atoms with Gasteiger partial charge in [0.05, 0.1) is 17.7 Å². The lowest BCUT2D eigenvalue weighted by atomic mass is 9.97. The summed E-state index contributed by atoms with van der Waals surface area (Å²) in [5.41, 5.74) is 4.95. The molecular formula is C15H21N3O. The molecule has 19 heavy (non-hydrogen) atoms. The molecule has 0 spiro atoms. The number of nitrogens with one attached hydrogen (secondary N) is 1. The predicted molar refractivity (Wildman–Crippen MR) is 77.5 cm³/mol. The Hall–Kier alpha value is -1.49. The molecule has 3 N–H and O–H groups in total. The number of nitrogens with two attached hydrogens (primary N) is 1. The van der Waals surface area contributed by atoms with E-state index in [4.69, 9.17) is 10.6 Å². The Morgan fingerprint density at radius 1 is 1.37 bits per heavy atom. The average molecular weight is 259 g/mol. The van der Waals surface area contributed by atoms with Gasteiger partial charge >= 0.3 is 0 Å². The minimum atomic E-state index is -0.0173. The molecule has 0 aliphatic rings. The van der Waals surface area contributed by atoms with Crippen molar-refractivity contribution >= 4 is 10.9 Å². The summed E-state index contributed by atoms with van der Waals surface area (Å²) >= 11 is 0. The van der Waals surface area contributed by atoms with Crippen LogP contribution in [0.5, 0.6) is 0 Å². The molecule has 2 unspecified atom stereocenters. The number of pyridine rings is 1. The number of hydrogen-bond acceptors (Lipinski definition) is 4. The Bertz CT molecular complexity index is 530. The SMILES string of the molecule is CCCC(OC)C(NN)c1ccc2cccnc2c1. The molecule has 0 aliphatic heterocycles. The highest BCUT2D eigenvalue weighted by molar-refractivity contribution is 5.79. The molecular weight excluding hydrogens is 238 g/mol. The number of ether oxygens (including phenoxy) is 1. The predicted octanol–water partition coefficient (Wildman–Crippen LogP) is 2.55. The van der Waals surface area contributed by atoms with Crippen LogP contribution in [0.4, 0.5) is 0 Å². The quantitative estimate of drug-likeness (QED) is 0.618. The molecule has 2 atom stereocenters. The summed E-state index contributed by atoms with van der Waals surface area (Å²) in [6, 6.07) is 10.2. The lowest BCUT2D eigenvalue weighted by Crippen LogP contribution is -2.37. The third-order valence-corrected chi connectivity index (χ3v) is 3.42. The summed E-state index contributed by atoms with van der Waals surface area (Å²) < 4.78 is 5.55. The van der Waals surface area contributed by atoms with E-state index in [1.54, 1.807) is 13.3 Å². The Labute approximate surface area is 113 Å². The first-order valence-corrected chi connectivity index (χ1v) is 6.63. The molecule has 1 heterocycles. The van der Waals surface area contributed by atoms with E-state index in [0.29, 0.717) is 0 Å². The van der Waals surface area contributed by atoms with Gasteiger partial charge in [0.2, 0.25) is 0 Å². The molecule has 0 fully saturated rings. The van der Waals surface area contributed by atoms with Gasteiger partial charge in [0.1, 0.15) is 0 Å². The van der Waals surface area contributed by atoms with Crippen LogP contribution in [0.2, 0.25) is 0 Å². The standard InChI is InChI=1S/C15H21N3O/c1-3-5-14(19-2)15(18-16)12-8-7-11-6-4-9-17-13(11)10-12/h4,6-10,14-15,18H,3,5,16H2,1-2H3. The van der Waals surface area contributed by atoms with Crippen LogP contribution in [0.25, 0.3) is 10.9 Å². The monoisotopic (exact) mass is 259 g/mol. The second-order valence-electron chi connectivity index (χ2n) is 4.66. The highest BCUT2D eigenvalue weighted by Gasteiger charge is 2.21. The van der Waals surface area contributed by atoms with Gasteiger partial charge in [0.15, 0.2) is 0 Å². The van der Waals surface area contributed by atoms with Crippen molar-refractivity contribution in [3.05, 3.63) is 42.1 Å². The molecule has 2 rings (SSSR count). The number of methoxy groups -OCH3 is 1. The summed E-state index contributed by atoms with van der Waals surface area (Å²) in [5.74, 6) is 5.71. The van der Waals surface area contributed by atoms with E-state index in [1.165, 1.54) is 0 Å². The highest BCUT2D eigenvalue weighted by Crippen LogP contribution is 2.24. The first-order valence-electron chi connectivity index (χ1n) is 6.63. The van der Waals surface area contributed by atoms with Gasteiger partial charge < -0.3 is 4.74 Å². The largest absolute Gasteiger partial charge is 0.379 e. The molecule has 0 amide bonds. The van der Waals surface area contributed by atoms with Crippen molar-refractivity contribution in [1.82, 2.24) is 10.4 Å². The van der Waals surface area contributed by atoms with Crippen LogP contribution in [0, 0.1) is 0 Å². The fourth-order valence-corrected chi connectivity index (χ4v) is 2.40. The maximum Gasteiger partial charge on any atom is 0.0778 e. The molecule has 4 nitrogen and oxygen atoms in total. The minimum absolute atomic E-state index is 0.0173. The van der Waals surface area contributed by atoms with E-state index < -0.39 is 0 Å². The third kappa shape index (κ3) is 3.10. The van der Waals surface area contributed by atoms with Gasteiger partial charge in [0, 0.05) is 18.7 Å². The van der Waals surface area contributed by atoms with Crippen LogP contribution in [0.1, 0.15) is 31.4 Å². The second-order valence-corrected chi connectivity index (χ2v) is 4.66. The fraction of sp³-hybridized carbons (Fsp3) is 0.400. The molecule has 4 heteroatoms. The smallest absolute Gasteiger partial charge is 0.0778 e. The van der Waals surface area contributed by atoms with Gasteiger partial charge in [-0.25, -0.2) is 0 Å².